The van der Waals surface area contributed by atoms with Crippen LogP contribution in [-0.2, 0) is 0 Å². The van der Waals surface area contributed by atoms with E-state index in [1.54, 1.807) is 0 Å². The van der Waals surface area contributed by atoms with Gasteiger partial charge in [0.2, 0.25) is 0 Å². The van der Waals surface area contributed by atoms with Gasteiger partial charge in [-0.3, -0.25) is 0 Å². The predicted octanol–water partition coefficient (Wildman–Crippen LogP) is 17.2. The molecule has 63 heavy (non-hydrogen) atoms. The van der Waals surface area contributed by atoms with Crippen LogP contribution in [0.25, 0.3) is 126 Å². The zero-order chi connectivity index (χ0) is 41.4. The van der Waals surface area contributed by atoms with Crippen LogP contribution in [0.4, 0.5) is 0 Å². The Morgan fingerprint density at radius 2 is 0.571 bits per heavy atom. The van der Waals surface area contributed by atoms with Crippen LogP contribution in [0.3, 0.4) is 0 Å². The molecule has 13 aromatic rings. The fourth-order valence-corrected chi connectivity index (χ4v) is 10.3. The van der Waals surface area contributed by atoms with Gasteiger partial charge in [0.1, 0.15) is 0 Å². The highest BCUT2D eigenvalue weighted by Crippen LogP contribution is 2.41. The molecule has 13 rings (SSSR count). The number of benzene rings is 12. The summed E-state index contributed by atoms with van der Waals surface area (Å²) in [6.07, 6.45) is 0. The minimum absolute atomic E-state index is 1.16. The summed E-state index contributed by atoms with van der Waals surface area (Å²) in [5.41, 5.74) is 13.3. The molecule has 0 unspecified atom stereocenters. The summed E-state index contributed by atoms with van der Waals surface area (Å²) in [5, 5.41) is 15.4. The van der Waals surface area contributed by atoms with Crippen LogP contribution in [0, 0.1) is 0 Å². The van der Waals surface area contributed by atoms with Gasteiger partial charge >= 0.3 is 0 Å². The Hall–Kier alpha value is -8.26. The maximum absolute atomic E-state index is 2.40. The van der Waals surface area contributed by atoms with Crippen molar-refractivity contribution in [3.63, 3.8) is 0 Å². The SMILES string of the molecule is c1ccc(-n2c3ccc(-c4ccc(-c5ccc6c7ccccc7c7ccccc7c6c5)cc4)cc3c3cc(-c4ccc(-c5cc6ccccc6c6ccccc56)cc4)ccc32)cc1. The monoisotopic (exact) mass is 797 g/mol. The van der Waals surface area contributed by atoms with Crippen molar-refractivity contribution < 1.29 is 0 Å². The molecule has 1 heterocycles. The molecule has 0 aliphatic heterocycles. The van der Waals surface area contributed by atoms with Crippen LogP contribution in [0.5, 0.6) is 0 Å². The number of para-hydroxylation sites is 1. The Morgan fingerprint density at radius 1 is 0.206 bits per heavy atom. The van der Waals surface area contributed by atoms with E-state index in [0.717, 1.165) is 5.69 Å². The van der Waals surface area contributed by atoms with Crippen molar-refractivity contribution in [1.82, 2.24) is 4.57 Å². The van der Waals surface area contributed by atoms with E-state index in [1.165, 1.54) is 120 Å². The van der Waals surface area contributed by atoms with Gasteiger partial charge in [0.15, 0.2) is 0 Å². The molecule has 1 nitrogen and oxygen atoms in total. The fraction of sp³-hybridized carbons (Fsp3) is 0. The summed E-state index contributed by atoms with van der Waals surface area (Å²) in [6, 6.07) is 87.3. The molecule has 0 saturated heterocycles. The standard InChI is InChI=1S/C62H39N/c1-2-13-48(14-3-1)63-61-34-31-45(41-24-22-40(23-25-41)44-30-33-56-53-19-8-7-17-51(53)52-18-9-11-21-55(52)58(56)36-44)37-59(61)60-38-46(32-35-62(60)63)42-26-28-43(29-27-42)57-39-47-12-4-5-15-49(47)50-16-6-10-20-54(50)57/h1-39H. The maximum Gasteiger partial charge on any atom is 0.0541 e. The third-order valence-electron chi connectivity index (χ3n) is 13.4. The molecule has 292 valence electrons. The molecule has 0 bridgehead atoms. The van der Waals surface area contributed by atoms with Gasteiger partial charge in [-0.2, -0.15) is 0 Å². The second-order valence-corrected chi connectivity index (χ2v) is 16.8. The van der Waals surface area contributed by atoms with Gasteiger partial charge in [-0.25, -0.2) is 0 Å². The Balaban J connectivity index is 0.894. The van der Waals surface area contributed by atoms with E-state index in [1.807, 2.05) is 0 Å². The number of fused-ring (bicyclic) bond motifs is 12. The average Bonchev–Trinajstić information content (AvgIpc) is 3.69. The molecular weight excluding hydrogens is 759 g/mol. The minimum Gasteiger partial charge on any atom is -0.309 e. The number of nitrogens with zero attached hydrogens (tertiary/aromatic N) is 1. The maximum atomic E-state index is 2.40. The lowest BCUT2D eigenvalue weighted by molar-refractivity contribution is 1.18. The Kier molecular flexibility index (Phi) is 7.98. The number of hydrogen-bond donors (Lipinski definition) is 0. The number of rotatable bonds is 5. The van der Waals surface area contributed by atoms with E-state index in [2.05, 4.69) is 241 Å². The zero-order valence-corrected chi connectivity index (χ0v) is 34.5. The number of aromatic nitrogens is 1. The molecule has 0 radical (unpaired) electrons. The molecule has 0 spiro atoms. The van der Waals surface area contributed by atoms with Crippen LogP contribution in [-0.4, -0.2) is 4.57 Å². The molecule has 0 saturated carbocycles. The second-order valence-electron chi connectivity index (χ2n) is 16.8. The van der Waals surface area contributed by atoms with Crippen LogP contribution in [0.2, 0.25) is 0 Å². The summed E-state index contributed by atoms with van der Waals surface area (Å²) >= 11 is 0. The molecule has 0 fully saturated rings. The highest BCUT2D eigenvalue weighted by Gasteiger charge is 2.16. The molecule has 0 aliphatic rings. The molecule has 1 aromatic heterocycles. The summed E-state index contributed by atoms with van der Waals surface area (Å²) in [4.78, 5) is 0. The van der Waals surface area contributed by atoms with Gasteiger partial charge in [0, 0.05) is 16.5 Å². The third-order valence-corrected chi connectivity index (χ3v) is 13.4. The molecule has 12 aromatic carbocycles. The highest BCUT2D eigenvalue weighted by molar-refractivity contribution is 6.26. The van der Waals surface area contributed by atoms with Gasteiger partial charge < -0.3 is 4.57 Å². The molecule has 0 aliphatic carbocycles. The molecule has 0 N–H and O–H groups in total. The van der Waals surface area contributed by atoms with Crippen molar-refractivity contribution in [2.75, 3.05) is 0 Å². The normalized spacial score (nSPS) is 11.8. The van der Waals surface area contributed by atoms with Crippen LogP contribution >= 0.6 is 0 Å². The van der Waals surface area contributed by atoms with Crippen molar-refractivity contribution in [2.24, 2.45) is 0 Å². The first-order chi connectivity index (χ1) is 31.2. The van der Waals surface area contributed by atoms with E-state index in [0.29, 0.717) is 0 Å². The minimum atomic E-state index is 1.16. The molecule has 0 atom stereocenters. The van der Waals surface area contributed by atoms with Crippen LogP contribution in [0.1, 0.15) is 0 Å². The van der Waals surface area contributed by atoms with Gasteiger partial charge in [-0.05, 0) is 147 Å². The second kappa shape index (κ2) is 14.2. The van der Waals surface area contributed by atoms with Crippen LogP contribution in [0.15, 0.2) is 237 Å². The molecular formula is C62H39N. The van der Waals surface area contributed by atoms with E-state index in [9.17, 15) is 0 Å². The van der Waals surface area contributed by atoms with Gasteiger partial charge in [-0.1, -0.05) is 188 Å². The summed E-state index contributed by atoms with van der Waals surface area (Å²) in [6.45, 7) is 0. The quantitative estimate of drug-likeness (QED) is 0.153. The number of hydrogen-bond acceptors (Lipinski definition) is 0. The zero-order valence-electron chi connectivity index (χ0n) is 34.5. The Bertz CT molecular complexity index is 3890. The van der Waals surface area contributed by atoms with Crippen molar-refractivity contribution in [3.8, 4) is 50.2 Å². The van der Waals surface area contributed by atoms with Crippen LogP contribution < -0.4 is 0 Å². The van der Waals surface area contributed by atoms with Gasteiger partial charge in [0.05, 0.1) is 11.0 Å². The smallest absolute Gasteiger partial charge is 0.0541 e. The third kappa shape index (κ3) is 5.71. The summed E-state index contributed by atoms with van der Waals surface area (Å²) in [5.74, 6) is 0. The van der Waals surface area contributed by atoms with E-state index < -0.39 is 0 Å². The van der Waals surface area contributed by atoms with Crippen molar-refractivity contribution >= 4 is 75.7 Å². The predicted molar refractivity (Wildman–Crippen MR) is 270 cm³/mol. The van der Waals surface area contributed by atoms with E-state index in [-0.39, 0.29) is 0 Å². The lowest BCUT2D eigenvalue weighted by Crippen LogP contribution is -1.93. The van der Waals surface area contributed by atoms with E-state index in [4.69, 9.17) is 0 Å². The fourth-order valence-electron chi connectivity index (χ4n) is 10.3. The first kappa shape index (κ1) is 35.5. The first-order valence-electron chi connectivity index (χ1n) is 21.8. The molecule has 0 amide bonds. The Morgan fingerprint density at radius 3 is 1.11 bits per heavy atom. The van der Waals surface area contributed by atoms with Gasteiger partial charge in [0.25, 0.3) is 0 Å². The van der Waals surface area contributed by atoms with Crippen molar-refractivity contribution in [3.05, 3.63) is 237 Å². The van der Waals surface area contributed by atoms with E-state index >= 15 is 0 Å². The van der Waals surface area contributed by atoms with Crippen molar-refractivity contribution in [1.29, 1.82) is 0 Å². The summed E-state index contributed by atoms with van der Waals surface area (Å²) < 4.78 is 2.40. The largest absolute Gasteiger partial charge is 0.309 e. The van der Waals surface area contributed by atoms with Crippen molar-refractivity contribution in [2.45, 2.75) is 0 Å². The average molecular weight is 798 g/mol. The van der Waals surface area contributed by atoms with Gasteiger partial charge in [-0.15, -0.1) is 0 Å². The molecule has 1 heteroatoms. The Labute approximate surface area is 365 Å². The topological polar surface area (TPSA) is 4.93 Å². The summed E-state index contributed by atoms with van der Waals surface area (Å²) in [7, 11) is 0. The lowest BCUT2D eigenvalue weighted by Gasteiger charge is -2.12. The lowest BCUT2D eigenvalue weighted by atomic mass is 9.91. The highest BCUT2D eigenvalue weighted by atomic mass is 15.0. The first-order valence-corrected chi connectivity index (χ1v) is 21.8.